The van der Waals surface area contributed by atoms with E-state index in [-0.39, 0.29) is 35.7 Å². The van der Waals surface area contributed by atoms with Crippen LogP contribution in [0.2, 0.25) is 0 Å². The summed E-state index contributed by atoms with van der Waals surface area (Å²) < 4.78 is 29.5. The molecular formula is C16H29N3O4S. The van der Waals surface area contributed by atoms with Gasteiger partial charge >= 0.3 is 6.03 Å². The Morgan fingerprint density at radius 1 is 1.12 bits per heavy atom. The van der Waals surface area contributed by atoms with Gasteiger partial charge in [-0.1, -0.05) is 19.3 Å². The third-order valence-electron chi connectivity index (χ3n) is 5.57. The Labute approximate surface area is 144 Å². The molecule has 0 radical (unpaired) electrons. The first kappa shape index (κ1) is 17.9. The number of methoxy groups -OCH3 is 1. The lowest BCUT2D eigenvalue weighted by atomic mass is 9.95. The molecule has 2 heterocycles. The standard InChI is InChI=1S/C16H29N3O4S/c1-23-10-9-18-7-8-19(15-12-24(21,22)11-14(15)18)16(20)17-13-5-3-2-4-6-13/h13-15H,2-12H2,1H3,(H,17,20). The number of sulfone groups is 1. The van der Waals surface area contributed by atoms with E-state index in [4.69, 9.17) is 4.74 Å². The van der Waals surface area contributed by atoms with E-state index in [0.717, 1.165) is 25.7 Å². The second-order valence-corrected chi connectivity index (χ2v) is 9.37. The number of fused-ring (bicyclic) bond motifs is 1. The molecule has 2 aliphatic heterocycles. The topological polar surface area (TPSA) is 79.0 Å². The summed E-state index contributed by atoms with van der Waals surface area (Å²) in [6, 6.07) is -0.171. The van der Waals surface area contributed by atoms with Gasteiger partial charge in [0.2, 0.25) is 0 Å². The Bertz CT molecular complexity index is 548. The zero-order valence-corrected chi connectivity index (χ0v) is 15.3. The number of hydrogen-bond donors (Lipinski definition) is 1. The Kier molecular flexibility index (Phi) is 5.66. The molecule has 0 aromatic heterocycles. The van der Waals surface area contributed by atoms with Crippen molar-refractivity contribution in [1.29, 1.82) is 0 Å². The van der Waals surface area contributed by atoms with Crippen molar-refractivity contribution in [3.63, 3.8) is 0 Å². The predicted octanol–water partition coefficient (Wildman–Crippen LogP) is 0.458. The highest BCUT2D eigenvalue weighted by Gasteiger charge is 2.48. The molecule has 1 aliphatic carbocycles. The molecule has 24 heavy (non-hydrogen) atoms. The van der Waals surface area contributed by atoms with Crippen LogP contribution in [0.5, 0.6) is 0 Å². The van der Waals surface area contributed by atoms with Crippen molar-refractivity contribution in [2.45, 2.75) is 50.2 Å². The first-order chi connectivity index (χ1) is 11.5. The number of rotatable bonds is 4. The first-order valence-corrected chi connectivity index (χ1v) is 10.8. The maximum Gasteiger partial charge on any atom is 0.317 e. The van der Waals surface area contributed by atoms with Crippen molar-refractivity contribution in [3.8, 4) is 0 Å². The van der Waals surface area contributed by atoms with Crippen LogP contribution < -0.4 is 5.32 Å². The lowest BCUT2D eigenvalue weighted by molar-refractivity contribution is 0.0456. The van der Waals surface area contributed by atoms with Crippen molar-refractivity contribution < 1.29 is 17.9 Å². The summed E-state index contributed by atoms with van der Waals surface area (Å²) in [5.41, 5.74) is 0. The number of piperazine rings is 1. The number of nitrogens with one attached hydrogen (secondary N) is 1. The van der Waals surface area contributed by atoms with E-state index < -0.39 is 9.84 Å². The number of carbonyl (C=O) groups is 1. The Morgan fingerprint density at radius 3 is 2.54 bits per heavy atom. The van der Waals surface area contributed by atoms with E-state index in [2.05, 4.69) is 10.2 Å². The normalized spacial score (nSPS) is 31.0. The highest BCUT2D eigenvalue weighted by atomic mass is 32.2. The number of urea groups is 1. The Hall–Kier alpha value is -0.860. The largest absolute Gasteiger partial charge is 0.383 e. The lowest BCUT2D eigenvalue weighted by Gasteiger charge is -2.44. The summed E-state index contributed by atoms with van der Waals surface area (Å²) in [5.74, 6) is 0.230. The van der Waals surface area contributed by atoms with Crippen LogP contribution in [0.3, 0.4) is 0 Å². The van der Waals surface area contributed by atoms with Crippen molar-refractivity contribution in [1.82, 2.24) is 15.1 Å². The third-order valence-corrected chi connectivity index (χ3v) is 7.27. The van der Waals surface area contributed by atoms with Gasteiger partial charge in [0, 0.05) is 38.8 Å². The number of ether oxygens (including phenoxy) is 1. The molecule has 8 heteroatoms. The minimum absolute atomic E-state index is 0.0826. The maximum absolute atomic E-state index is 12.7. The van der Waals surface area contributed by atoms with Gasteiger partial charge in [0.15, 0.2) is 9.84 Å². The number of carbonyl (C=O) groups excluding carboxylic acids is 1. The second-order valence-electron chi connectivity index (χ2n) is 7.22. The molecule has 0 bridgehead atoms. The zero-order chi connectivity index (χ0) is 17.2. The van der Waals surface area contributed by atoms with Gasteiger partial charge < -0.3 is 15.0 Å². The SMILES string of the molecule is COCCN1CCN(C(=O)NC2CCCCC2)C2CS(=O)(=O)CC21. The van der Waals surface area contributed by atoms with Gasteiger partial charge in [0.05, 0.1) is 24.2 Å². The van der Waals surface area contributed by atoms with Crippen LogP contribution in [0, 0.1) is 0 Å². The highest BCUT2D eigenvalue weighted by Crippen LogP contribution is 2.27. The predicted molar refractivity (Wildman–Crippen MR) is 91.8 cm³/mol. The van der Waals surface area contributed by atoms with Crippen LogP contribution in [0.4, 0.5) is 4.79 Å². The van der Waals surface area contributed by atoms with Crippen LogP contribution in [0.15, 0.2) is 0 Å². The van der Waals surface area contributed by atoms with Gasteiger partial charge in [0.25, 0.3) is 0 Å². The molecule has 1 N–H and O–H groups in total. The van der Waals surface area contributed by atoms with Crippen LogP contribution in [0.25, 0.3) is 0 Å². The van der Waals surface area contributed by atoms with Gasteiger partial charge in [-0.2, -0.15) is 0 Å². The summed E-state index contributed by atoms with van der Waals surface area (Å²) in [4.78, 5) is 16.7. The van der Waals surface area contributed by atoms with Crippen LogP contribution in [-0.4, -0.2) is 87.2 Å². The van der Waals surface area contributed by atoms with Gasteiger partial charge in [-0.25, -0.2) is 13.2 Å². The minimum Gasteiger partial charge on any atom is -0.383 e. The van der Waals surface area contributed by atoms with Crippen LogP contribution >= 0.6 is 0 Å². The molecule has 3 fully saturated rings. The van der Waals surface area contributed by atoms with E-state index in [1.165, 1.54) is 6.42 Å². The number of amides is 2. The second kappa shape index (κ2) is 7.58. The summed E-state index contributed by atoms with van der Waals surface area (Å²) in [6.45, 7) is 2.58. The molecule has 0 spiro atoms. The van der Waals surface area contributed by atoms with E-state index >= 15 is 0 Å². The quantitative estimate of drug-likeness (QED) is 0.789. The molecule has 2 amide bonds. The van der Waals surface area contributed by atoms with Crippen LogP contribution in [0.1, 0.15) is 32.1 Å². The molecule has 2 unspecified atom stereocenters. The fourth-order valence-corrected chi connectivity index (χ4v) is 6.28. The average molecular weight is 359 g/mol. The van der Waals surface area contributed by atoms with Crippen molar-refractivity contribution in [2.75, 3.05) is 44.9 Å². The molecule has 0 aromatic rings. The lowest BCUT2D eigenvalue weighted by Crippen LogP contribution is -2.63. The summed E-state index contributed by atoms with van der Waals surface area (Å²) in [5, 5.41) is 3.14. The Morgan fingerprint density at radius 2 is 1.83 bits per heavy atom. The number of hydrogen-bond acceptors (Lipinski definition) is 5. The van der Waals surface area contributed by atoms with E-state index in [1.54, 1.807) is 12.0 Å². The van der Waals surface area contributed by atoms with E-state index in [9.17, 15) is 13.2 Å². The van der Waals surface area contributed by atoms with Crippen molar-refractivity contribution >= 4 is 15.9 Å². The van der Waals surface area contributed by atoms with Gasteiger partial charge in [0.1, 0.15) is 0 Å². The molecule has 2 atom stereocenters. The molecule has 3 rings (SSSR count). The van der Waals surface area contributed by atoms with E-state index in [0.29, 0.717) is 26.2 Å². The molecule has 1 saturated carbocycles. The number of nitrogens with zero attached hydrogens (tertiary/aromatic N) is 2. The molecule has 0 aromatic carbocycles. The van der Waals surface area contributed by atoms with Gasteiger partial charge in [-0.05, 0) is 12.8 Å². The highest BCUT2D eigenvalue weighted by molar-refractivity contribution is 7.91. The molecule has 138 valence electrons. The smallest absolute Gasteiger partial charge is 0.317 e. The van der Waals surface area contributed by atoms with Crippen molar-refractivity contribution in [2.24, 2.45) is 0 Å². The monoisotopic (exact) mass is 359 g/mol. The van der Waals surface area contributed by atoms with Crippen molar-refractivity contribution in [3.05, 3.63) is 0 Å². The first-order valence-electron chi connectivity index (χ1n) is 9.01. The van der Waals surface area contributed by atoms with Gasteiger partial charge in [-0.3, -0.25) is 4.90 Å². The summed E-state index contributed by atoms with van der Waals surface area (Å²) >= 11 is 0. The fourth-order valence-electron chi connectivity index (χ4n) is 4.27. The summed E-state index contributed by atoms with van der Waals surface area (Å²) in [6.07, 6.45) is 5.64. The summed E-state index contributed by atoms with van der Waals surface area (Å²) in [7, 11) is -1.44. The molecule has 7 nitrogen and oxygen atoms in total. The third kappa shape index (κ3) is 4.03. The average Bonchev–Trinajstić information content (AvgIpc) is 2.88. The van der Waals surface area contributed by atoms with E-state index in [1.807, 2.05) is 0 Å². The minimum atomic E-state index is -3.09. The molecule has 3 aliphatic rings. The van der Waals surface area contributed by atoms with Crippen LogP contribution in [-0.2, 0) is 14.6 Å². The Balaban J connectivity index is 1.67. The van der Waals surface area contributed by atoms with Gasteiger partial charge in [-0.15, -0.1) is 0 Å². The molecule has 2 saturated heterocycles. The maximum atomic E-state index is 12.7. The zero-order valence-electron chi connectivity index (χ0n) is 14.4. The molecular weight excluding hydrogens is 330 g/mol. The fraction of sp³-hybridized carbons (Fsp3) is 0.938.